The second-order valence-corrected chi connectivity index (χ2v) is 5.41. The fourth-order valence-corrected chi connectivity index (χ4v) is 2.71. The lowest BCUT2D eigenvalue weighted by atomic mass is 9.94. The summed E-state index contributed by atoms with van der Waals surface area (Å²) < 4.78 is 0. The summed E-state index contributed by atoms with van der Waals surface area (Å²) in [6.45, 7) is 7.27. The van der Waals surface area contributed by atoms with E-state index in [1.165, 1.54) is 0 Å². The molecule has 2 fully saturated rings. The van der Waals surface area contributed by atoms with Gasteiger partial charge in [0, 0.05) is 45.7 Å². The molecule has 0 aromatic heterocycles. The number of carbonyl (C=O) groups is 2. The first-order chi connectivity index (χ1) is 8.58. The number of piperazine rings is 1. The SMILES string of the molecule is CC(=O)N1CCN(C(=O)C2CCC(C)NC2)CC1. The number of amides is 2. The van der Waals surface area contributed by atoms with Crippen molar-refractivity contribution in [1.82, 2.24) is 15.1 Å². The van der Waals surface area contributed by atoms with Crippen molar-refractivity contribution < 1.29 is 9.59 Å². The van der Waals surface area contributed by atoms with E-state index in [2.05, 4.69) is 12.2 Å². The lowest BCUT2D eigenvalue weighted by Crippen LogP contribution is -2.53. The molecule has 0 aromatic carbocycles. The van der Waals surface area contributed by atoms with Crippen LogP contribution < -0.4 is 5.32 Å². The average molecular weight is 253 g/mol. The highest BCUT2D eigenvalue weighted by Gasteiger charge is 2.30. The van der Waals surface area contributed by atoms with Crippen molar-refractivity contribution in [1.29, 1.82) is 0 Å². The van der Waals surface area contributed by atoms with Gasteiger partial charge in [-0.1, -0.05) is 0 Å². The third kappa shape index (κ3) is 3.02. The van der Waals surface area contributed by atoms with E-state index in [1.807, 2.05) is 9.80 Å². The van der Waals surface area contributed by atoms with Gasteiger partial charge in [0.1, 0.15) is 0 Å². The van der Waals surface area contributed by atoms with Crippen LogP contribution in [0.1, 0.15) is 26.7 Å². The van der Waals surface area contributed by atoms with Crippen molar-refractivity contribution in [2.24, 2.45) is 5.92 Å². The van der Waals surface area contributed by atoms with Crippen LogP contribution in [0.3, 0.4) is 0 Å². The predicted octanol–water partition coefficient (Wildman–Crippen LogP) is 0.0652. The summed E-state index contributed by atoms with van der Waals surface area (Å²) in [6, 6.07) is 0.531. The molecule has 5 heteroatoms. The Bertz CT molecular complexity index is 316. The molecule has 0 radical (unpaired) electrons. The van der Waals surface area contributed by atoms with Gasteiger partial charge >= 0.3 is 0 Å². The molecule has 102 valence electrons. The zero-order valence-corrected chi connectivity index (χ0v) is 11.3. The Kier molecular flexibility index (Phi) is 4.22. The van der Waals surface area contributed by atoms with Crippen LogP contribution >= 0.6 is 0 Å². The van der Waals surface area contributed by atoms with E-state index in [0.29, 0.717) is 32.2 Å². The van der Waals surface area contributed by atoms with Gasteiger partial charge < -0.3 is 15.1 Å². The van der Waals surface area contributed by atoms with Crippen LogP contribution in [0.25, 0.3) is 0 Å². The highest BCUT2D eigenvalue weighted by molar-refractivity contribution is 5.80. The maximum Gasteiger partial charge on any atom is 0.227 e. The smallest absolute Gasteiger partial charge is 0.227 e. The molecule has 0 spiro atoms. The first kappa shape index (κ1) is 13.3. The normalized spacial score (nSPS) is 29.2. The monoisotopic (exact) mass is 253 g/mol. The predicted molar refractivity (Wildman–Crippen MR) is 69.0 cm³/mol. The fourth-order valence-electron chi connectivity index (χ4n) is 2.71. The molecule has 0 bridgehead atoms. The Morgan fingerprint density at radius 3 is 2.17 bits per heavy atom. The van der Waals surface area contributed by atoms with E-state index in [9.17, 15) is 9.59 Å². The molecule has 1 N–H and O–H groups in total. The summed E-state index contributed by atoms with van der Waals surface area (Å²) in [5.41, 5.74) is 0. The molecule has 0 aromatic rings. The van der Waals surface area contributed by atoms with Crippen LogP contribution in [-0.4, -0.2) is 60.4 Å². The Morgan fingerprint density at radius 2 is 1.67 bits per heavy atom. The van der Waals surface area contributed by atoms with Crippen molar-refractivity contribution >= 4 is 11.8 Å². The molecular weight excluding hydrogens is 230 g/mol. The minimum atomic E-state index is 0.107. The van der Waals surface area contributed by atoms with E-state index >= 15 is 0 Å². The van der Waals surface area contributed by atoms with E-state index in [4.69, 9.17) is 0 Å². The standard InChI is InChI=1S/C13H23N3O2/c1-10-3-4-12(9-14-10)13(18)16-7-5-15(6-8-16)11(2)17/h10,12,14H,3-9H2,1-2H3. The van der Waals surface area contributed by atoms with E-state index < -0.39 is 0 Å². The zero-order chi connectivity index (χ0) is 13.1. The van der Waals surface area contributed by atoms with Crippen LogP contribution in [0.15, 0.2) is 0 Å². The van der Waals surface area contributed by atoms with Gasteiger partial charge in [-0.05, 0) is 19.8 Å². The van der Waals surface area contributed by atoms with Gasteiger partial charge in [-0.2, -0.15) is 0 Å². The highest BCUT2D eigenvalue weighted by Crippen LogP contribution is 2.17. The molecule has 18 heavy (non-hydrogen) atoms. The van der Waals surface area contributed by atoms with Gasteiger partial charge in [-0.3, -0.25) is 9.59 Å². The Hall–Kier alpha value is -1.10. The molecule has 2 rings (SSSR count). The topological polar surface area (TPSA) is 52.7 Å². The summed E-state index contributed by atoms with van der Waals surface area (Å²) in [5, 5.41) is 3.37. The summed E-state index contributed by atoms with van der Waals surface area (Å²) in [6.07, 6.45) is 2.06. The van der Waals surface area contributed by atoms with Gasteiger partial charge in [0.25, 0.3) is 0 Å². The highest BCUT2D eigenvalue weighted by atomic mass is 16.2. The molecular formula is C13H23N3O2. The molecule has 2 heterocycles. The summed E-state index contributed by atoms with van der Waals surface area (Å²) in [5.74, 6) is 0.498. The Morgan fingerprint density at radius 1 is 1.06 bits per heavy atom. The Labute approximate surface area is 108 Å². The minimum absolute atomic E-state index is 0.107. The lowest BCUT2D eigenvalue weighted by Gasteiger charge is -2.37. The second-order valence-electron chi connectivity index (χ2n) is 5.41. The van der Waals surface area contributed by atoms with Crippen molar-refractivity contribution in [3.05, 3.63) is 0 Å². The third-order valence-corrected chi connectivity index (χ3v) is 4.05. The van der Waals surface area contributed by atoms with Gasteiger partial charge in [0.2, 0.25) is 11.8 Å². The van der Waals surface area contributed by atoms with Crippen LogP contribution in [0.5, 0.6) is 0 Å². The molecule has 0 aliphatic carbocycles. The van der Waals surface area contributed by atoms with Gasteiger partial charge in [-0.25, -0.2) is 0 Å². The zero-order valence-electron chi connectivity index (χ0n) is 11.3. The van der Waals surface area contributed by atoms with Crippen LogP contribution in [0, 0.1) is 5.92 Å². The largest absolute Gasteiger partial charge is 0.339 e. The number of nitrogens with zero attached hydrogens (tertiary/aromatic N) is 2. The van der Waals surface area contributed by atoms with Crippen LogP contribution in [-0.2, 0) is 9.59 Å². The maximum atomic E-state index is 12.3. The average Bonchev–Trinajstić information content (AvgIpc) is 2.39. The number of rotatable bonds is 1. The fraction of sp³-hybridized carbons (Fsp3) is 0.846. The molecule has 2 atom stereocenters. The number of nitrogens with one attached hydrogen (secondary N) is 1. The number of carbonyl (C=O) groups excluding carboxylic acids is 2. The summed E-state index contributed by atoms with van der Waals surface area (Å²) in [7, 11) is 0. The van der Waals surface area contributed by atoms with E-state index in [1.54, 1.807) is 6.92 Å². The number of hydrogen-bond acceptors (Lipinski definition) is 3. The molecule has 0 saturated carbocycles. The van der Waals surface area contributed by atoms with Gasteiger partial charge in [0.05, 0.1) is 5.92 Å². The second kappa shape index (κ2) is 5.69. The van der Waals surface area contributed by atoms with Crippen molar-refractivity contribution in [2.45, 2.75) is 32.7 Å². The first-order valence-electron chi connectivity index (χ1n) is 6.85. The van der Waals surface area contributed by atoms with Crippen LogP contribution in [0.4, 0.5) is 0 Å². The number of hydrogen-bond donors (Lipinski definition) is 1. The third-order valence-electron chi connectivity index (χ3n) is 4.05. The quantitative estimate of drug-likeness (QED) is 0.719. The van der Waals surface area contributed by atoms with Crippen LogP contribution in [0.2, 0.25) is 0 Å². The van der Waals surface area contributed by atoms with E-state index in [0.717, 1.165) is 19.4 Å². The minimum Gasteiger partial charge on any atom is -0.339 e. The molecule has 2 unspecified atom stereocenters. The van der Waals surface area contributed by atoms with Crippen molar-refractivity contribution in [3.63, 3.8) is 0 Å². The maximum absolute atomic E-state index is 12.3. The summed E-state index contributed by atoms with van der Waals surface area (Å²) in [4.78, 5) is 27.3. The number of piperidine rings is 1. The van der Waals surface area contributed by atoms with Gasteiger partial charge in [0.15, 0.2) is 0 Å². The van der Waals surface area contributed by atoms with Gasteiger partial charge in [-0.15, -0.1) is 0 Å². The molecule has 5 nitrogen and oxygen atoms in total. The molecule has 2 saturated heterocycles. The molecule has 2 amide bonds. The van der Waals surface area contributed by atoms with E-state index in [-0.39, 0.29) is 17.7 Å². The first-order valence-corrected chi connectivity index (χ1v) is 6.85. The molecule has 2 aliphatic rings. The summed E-state index contributed by atoms with van der Waals surface area (Å²) >= 11 is 0. The lowest BCUT2D eigenvalue weighted by molar-refractivity contribution is -0.141. The van der Waals surface area contributed by atoms with Crippen molar-refractivity contribution in [3.8, 4) is 0 Å². The molecule has 2 aliphatic heterocycles. The van der Waals surface area contributed by atoms with Crippen molar-refractivity contribution in [2.75, 3.05) is 32.7 Å². The Balaban J connectivity index is 1.82.